The molecule has 1 aromatic heterocycles. The molecule has 3 aromatic carbocycles. The zero-order chi connectivity index (χ0) is 28.4. The Labute approximate surface area is 246 Å². The molecule has 0 unspecified atom stereocenters. The topological polar surface area (TPSA) is 39.5 Å². The van der Waals surface area contributed by atoms with Crippen LogP contribution in [0, 0.1) is 5.92 Å². The van der Waals surface area contributed by atoms with E-state index < -0.39 is 0 Å². The van der Waals surface area contributed by atoms with E-state index in [9.17, 15) is 0 Å². The fourth-order valence-electron chi connectivity index (χ4n) is 6.22. The first-order valence-corrected chi connectivity index (χ1v) is 15.3. The largest absolute Gasteiger partial charge is 0.497 e. The Kier molecular flexibility index (Phi) is 10.1. The molecule has 5 heteroatoms. The Bertz CT molecular complexity index is 1360. The summed E-state index contributed by atoms with van der Waals surface area (Å²) in [5.41, 5.74) is 5.88. The predicted octanol–water partition coefficient (Wildman–Crippen LogP) is 8.62. The number of hydrogen-bond donors (Lipinski definition) is 0. The average molecular weight is 552 g/mol. The molecule has 0 amide bonds. The molecule has 0 spiro atoms. The van der Waals surface area contributed by atoms with Gasteiger partial charge in [-0.05, 0) is 43.4 Å². The number of imidazole rings is 1. The third-order valence-corrected chi connectivity index (χ3v) is 8.38. The molecule has 0 bridgehead atoms. The number of unbranched alkanes of at least 4 members (excludes halogenated alkanes) is 1. The maximum absolute atomic E-state index is 5.82. The van der Waals surface area contributed by atoms with E-state index in [2.05, 4.69) is 83.1 Å². The Morgan fingerprint density at radius 3 is 2.20 bits per heavy atom. The summed E-state index contributed by atoms with van der Waals surface area (Å²) < 4.78 is 13.9. The van der Waals surface area contributed by atoms with Crippen molar-refractivity contribution in [3.8, 4) is 34.1 Å². The van der Waals surface area contributed by atoms with E-state index in [1.165, 1.54) is 48.9 Å². The molecular weight excluding hydrogens is 506 g/mol. The Balaban J connectivity index is 1.59. The van der Waals surface area contributed by atoms with E-state index >= 15 is 0 Å². The van der Waals surface area contributed by atoms with Crippen LogP contribution in [0.4, 0.5) is 0 Å². The molecule has 0 atom stereocenters. The molecule has 1 aliphatic rings. The highest BCUT2D eigenvalue weighted by atomic mass is 16.5. The van der Waals surface area contributed by atoms with Crippen molar-refractivity contribution in [3.05, 3.63) is 90.1 Å². The van der Waals surface area contributed by atoms with Gasteiger partial charge in [-0.2, -0.15) is 0 Å². The number of rotatable bonds is 13. The smallest absolute Gasteiger partial charge is 0.140 e. The van der Waals surface area contributed by atoms with Crippen LogP contribution < -0.4 is 9.47 Å². The van der Waals surface area contributed by atoms with Crippen molar-refractivity contribution in [2.24, 2.45) is 5.92 Å². The second-order valence-corrected chi connectivity index (χ2v) is 11.3. The Morgan fingerprint density at radius 2 is 1.54 bits per heavy atom. The molecule has 0 saturated heterocycles. The van der Waals surface area contributed by atoms with Gasteiger partial charge in [0.2, 0.25) is 0 Å². The molecule has 5 nitrogen and oxygen atoms in total. The van der Waals surface area contributed by atoms with E-state index in [0.717, 1.165) is 67.6 Å². The minimum Gasteiger partial charge on any atom is -0.497 e. The van der Waals surface area contributed by atoms with E-state index in [1.807, 2.05) is 12.1 Å². The van der Waals surface area contributed by atoms with Gasteiger partial charge in [0.05, 0.1) is 25.6 Å². The molecule has 5 rings (SSSR count). The third kappa shape index (κ3) is 7.20. The van der Waals surface area contributed by atoms with Crippen molar-refractivity contribution in [2.75, 3.05) is 20.8 Å². The highest BCUT2D eigenvalue weighted by molar-refractivity contribution is 5.68. The summed E-state index contributed by atoms with van der Waals surface area (Å²) in [5.74, 6) is 3.54. The second kappa shape index (κ2) is 14.4. The molecule has 216 valence electrons. The van der Waals surface area contributed by atoms with Crippen LogP contribution in [0.3, 0.4) is 0 Å². The van der Waals surface area contributed by atoms with Crippen LogP contribution in [0.2, 0.25) is 0 Å². The van der Waals surface area contributed by atoms with E-state index in [-0.39, 0.29) is 0 Å². The standard InChI is InChI=1S/C36H45N3O2/c1-4-5-23-39-33(35(29-17-11-7-12-18-29)37-36(39)30-19-13-8-14-20-30)27-38(25-28-15-9-6-10-16-28)26-31-24-32(40-2)21-22-34(31)41-3/h7-8,11-14,17-22,24,28H,4-6,9-10,15-16,23,25-27H2,1-3H3. The molecule has 0 aliphatic heterocycles. The number of aromatic nitrogens is 2. The summed E-state index contributed by atoms with van der Waals surface area (Å²) in [6, 6.07) is 27.5. The van der Waals surface area contributed by atoms with Crippen LogP contribution in [0.15, 0.2) is 78.9 Å². The van der Waals surface area contributed by atoms with Gasteiger partial charge in [-0.15, -0.1) is 0 Å². The number of ether oxygens (including phenoxy) is 2. The van der Waals surface area contributed by atoms with Gasteiger partial charge in [-0.1, -0.05) is 93.3 Å². The van der Waals surface area contributed by atoms with Crippen molar-refractivity contribution in [2.45, 2.75) is 71.5 Å². The monoisotopic (exact) mass is 551 g/mol. The lowest BCUT2D eigenvalue weighted by molar-refractivity contribution is 0.181. The first-order chi connectivity index (χ1) is 20.2. The summed E-state index contributed by atoms with van der Waals surface area (Å²) in [6.45, 7) is 5.90. The molecule has 1 aliphatic carbocycles. The molecule has 0 radical (unpaired) electrons. The number of methoxy groups -OCH3 is 2. The van der Waals surface area contributed by atoms with Gasteiger partial charge in [0.15, 0.2) is 0 Å². The van der Waals surface area contributed by atoms with Crippen LogP contribution in [0.1, 0.15) is 63.1 Å². The number of nitrogens with zero attached hydrogens (tertiary/aromatic N) is 3. The van der Waals surface area contributed by atoms with E-state index in [1.54, 1.807) is 14.2 Å². The molecular formula is C36H45N3O2. The van der Waals surface area contributed by atoms with Gasteiger partial charge in [0.25, 0.3) is 0 Å². The van der Waals surface area contributed by atoms with Crippen LogP contribution in [-0.2, 0) is 19.6 Å². The van der Waals surface area contributed by atoms with E-state index in [0.29, 0.717) is 5.92 Å². The van der Waals surface area contributed by atoms with Gasteiger partial charge >= 0.3 is 0 Å². The highest BCUT2D eigenvalue weighted by Gasteiger charge is 2.25. The maximum atomic E-state index is 5.82. The minimum atomic E-state index is 0.709. The van der Waals surface area contributed by atoms with Crippen LogP contribution in [-0.4, -0.2) is 35.2 Å². The summed E-state index contributed by atoms with van der Waals surface area (Å²) in [6.07, 6.45) is 8.90. The van der Waals surface area contributed by atoms with Crippen molar-refractivity contribution in [1.82, 2.24) is 14.5 Å². The summed E-state index contributed by atoms with van der Waals surface area (Å²) in [7, 11) is 3.49. The molecule has 1 fully saturated rings. The Morgan fingerprint density at radius 1 is 0.829 bits per heavy atom. The SMILES string of the molecule is CCCCn1c(-c2ccccc2)nc(-c2ccccc2)c1CN(Cc1cc(OC)ccc1OC)CC1CCCCC1. The summed E-state index contributed by atoms with van der Waals surface area (Å²) >= 11 is 0. The molecule has 0 N–H and O–H groups in total. The van der Waals surface area contributed by atoms with E-state index in [4.69, 9.17) is 14.5 Å². The van der Waals surface area contributed by atoms with Crippen molar-refractivity contribution >= 4 is 0 Å². The zero-order valence-corrected chi connectivity index (χ0v) is 25.0. The lowest BCUT2D eigenvalue weighted by Crippen LogP contribution is -2.31. The average Bonchev–Trinajstić information content (AvgIpc) is 3.38. The maximum Gasteiger partial charge on any atom is 0.140 e. The summed E-state index contributed by atoms with van der Waals surface area (Å²) in [4.78, 5) is 8.00. The third-order valence-electron chi connectivity index (χ3n) is 8.38. The first kappa shape index (κ1) is 28.9. The van der Waals surface area contributed by atoms with Crippen molar-refractivity contribution in [1.29, 1.82) is 0 Å². The van der Waals surface area contributed by atoms with Gasteiger partial charge in [-0.25, -0.2) is 4.98 Å². The van der Waals surface area contributed by atoms with Gasteiger partial charge in [0, 0.05) is 42.9 Å². The highest BCUT2D eigenvalue weighted by Crippen LogP contribution is 2.34. The number of hydrogen-bond acceptors (Lipinski definition) is 4. The molecule has 41 heavy (non-hydrogen) atoms. The predicted molar refractivity (Wildman–Crippen MR) is 168 cm³/mol. The number of benzene rings is 3. The zero-order valence-electron chi connectivity index (χ0n) is 25.0. The van der Waals surface area contributed by atoms with Gasteiger partial charge in [-0.3, -0.25) is 4.90 Å². The Hall–Kier alpha value is -3.57. The minimum absolute atomic E-state index is 0.709. The van der Waals surface area contributed by atoms with Gasteiger partial charge < -0.3 is 14.0 Å². The quantitative estimate of drug-likeness (QED) is 0.167. The lowest BCUT2D eigenvalue weighted by Gasteiger charge is -2.31. The fourth-order valence-corrected chi connectivity index (χ4v) is 6.22. The van der Waals surface area contributed by atoms with Crippen molar-refractivity contribution in [3.63, 3.8) is 0 Å². The fraction of sp³-hybridized carbons (Fsp3) is 0.417. The molecule has 1 saturated carbocycles. The summed E-state index contributed by atoms with van der Waals surface area (Å²) in [5, 5.41) is 0. The van der Waals surface area contributed by atoms with Crippen LogP contribution >= 0.6 is 0 Å². The second-order valence-electron chi connectivity index (χ2n) is 11.3. The lowest BCUT2D eigenvalue weighted by atomic mass is 9.88. The normalized spacial score (nSPS) is 14.0. The van der Waals surface area contributed by atoms with Crippen LogP contribution in [0.25, 0.3) is 22.6 Å². The first-order valence-electron chi connectivity index (χ1n) is 15.3. The van der Waals surface area contributed by atoms with Crippen LogP contribution in [0.5, 0.6) is 11.5 Å². The molecule has 1 heterocycles. The molecule has 4 aromatic rings. The van der Waals surface area contributed by atoms with Gasteiger partial charge in [0.1, 0.15) is 17.3 Å². The van der Waals surface area contributed by atoms with Crippen molar-refractivity contribution < 1.29 is 9.47 Å².